The number of nitrogens with one attached hydrogen (secondary N) is 1. The molecule has 1 aromatic rings. The molecule has 20 heavy (non-hydrogen) atoms. The lowest BCUT2D eigenvalue weighted by molar-refractivity contribution is -0.00954. The highest BCUT2D eigenvalue weighted by Gasteiger charge is 2.27. The molecule has 2 unspecified atom stereocenters. The van der Waals surface area contributed by atoms with Crippen molar-refractivity contribution in [2.45, 2.75) is 31.2 Å². The van der Waals surface area contributed by atoms with Crippen LogP contribution in [-0.4, -0.2) is 50.8 Å². The lowest BCUT2D eigenvalue weighted by Crippen LogP contribution is -2.51. The number of nitrogens with zero attached hydrogens (tertiary/aromatic N) is 1. The molecular weight excluding hydrogens is 248 g/mol. The van der Waals surface area contributed by atoms with Gasteiger partial charge in [-0.15, -0.1) is 0 Å². The first-order chi connectivity index (χ1) is 9.88. The molecule has 0 spiro atoms. The SMILES string of the molecule is CNCC1COCCN1CC1CCCc2ccccc21. The minimum absolute atomic E-state index is 0.530. The Morgan fingerprint density at radius 2 is 2.25 bits per heavy atom. The van der Waals surface area contributed by atoms with Crippen molar-refractivity contribution >= 4 is 0 Å². The quantitative estimate of drug-likeness (QED) is 0.909. The number of aryl methyl sites for hydroxylation is 1. The molecule has 0 bridgehead atoms. The average molecular weight is 274 g/mol. The van der Waals surface area contributed by atoms with Crippen molar-refractivity contribution in [3.8, 4) is 0 Å². The highest BCUT2D eigenvalue weighted by atomic mass is 16.5. The van der Waals surface area contributed by atoms with Gasteiger partial charge in [0.2, 0.25) is 0 Å². The van der Waals surface area contributed by atoms with Gasteiger partial charge in [0.05, 0.1) is 13.2 Å². The first kappa shape index (κ1) is 14.1. The molecule has 1 fully saturated rings. The Bertz CT molecular complexity index is 433. The van der Waals surface area contributed by atoms with Crippen LogP contribution in [0.25, 0.3) is 0 Å². The van der Waals surface area contributed by atoms with Crippen LogP contribution >= 0.6 is 0 Å². The third-order valence-electron chi connectivity index (χ3n) is 4.74. The van der Waals surface area contributed by atoms with E-state index in [1.54, 1.807) is 11.1 Å². The summed E-state index contributed by atoms with van der Waals surface area (Å²) in [7, 11) is 2.03. The molecule has 2 atom stereocenters. The van der Waals surface area contributed by atoms with Crippen molar-refractivity contribution in [3.05, 3.63) is 35.4 Å². The number of hydrogen-bond donors (Lipinski definition) is 1. The van der Waals surface area contributed by atoms with Crippen molar-refractivity contribution in [1.29, 1.82) is 0 Å². The van der Waals surface area contributed by atoms with Crippen LogP contribution in [0.15, 0.2) is 24.3 Å². The summed E-state index contributed by atoms with van der Waals surface area (Å²) in [5.74, 6) is 0.706. The molecule has 3 heteroatoms. The number of hydrogen-bond acceptors (Lipinski definition) is 3. The minimum atomic E-state index is 0.530. The van der Waals surface area contributed by atoms with Crippen LogP contribution in [0.5, 0.6) is 0 Å². The van der Waals surface area contributed by atoms with E-state index in [4.69, 9.17) is 4.74 Å². The zero-order chi connectivity index (χ0) is 13.8. The Kier molecular flexibility index (Phi) is 4.71. The van der Waals surface area contributed by atoms with Crippen molar-refractivity contribution in [3.63, 3.8) is 0 Å². The van der Waals surface area contributed by atoms with Crippen molar-refractivity contribution in [2.24, 2.45) is 0 Å². The molecule has 1 aliphatic carbocycles. The summed E-state index contributed by atoms with van der Waals surface area (Å²) in [5, 5.41) is 3.30. The Hall–Kier alpha value is -0.900. The Balaban J connectivity index is 1.71. The predicted molar refractivity (Wildman–Crippen MR) is 82.2 cm³/mol. The number of benzene rings is 1. The third-order valence-corrected chi connectivity index (χ3v) is 4.74. The second-order valence-electron chi connectivity index (χ2n) is 6.07. The van der Waals surface area contributed by atoms with E-state index < -0.39 is 0 Å². The molecule has 1 N–H and O–H groups in total. The van der Waals surface area contributed by atoms with Gasteiger partial charge in [-0.05, 0) is 43.4 Å². The van der Waals surface area contributed by atoms with Crippen LogP contribution in [0.2, 0.25) is 0 Å². The van der Waals surface area contributed by atoms with Crippen LogP contribution in [0.3, 0.4) is 0 Å². The number of fused-ring (bicyclic) bond motifs is 1. The van der Waals surface area contributed by atoms with Crippen LogP contribution < -0.4 is 5.32 Å². The fourth-order valence-electron chi connectivity index (χ4n) is 3.68. The molecule has 1 saturated heterocycles. The fraction of sp³-hybridized carbons (Fsp3) is 0.647. The van der Waals surface area contributed by atoms with Gasteiger partial charge in [-0.3, -0.25) is 4.90 Å². The van der Waals surface area contributed by atoms with Gasteiger partial charge in [-0.1, -0.05) is 24.3 Å². The number of likely N-dealkylation sites (N-methyl/N-ethyl adjacent to an activating group) is 1. The van der Waals surface area contributed by atoms with E-state index in [1.165, 1.54) is 25.8 Å². The van der Waals surface area contributed by atoms with Gasteiger partial charge in [0.15, 0.2) is 0 Å². The largest absolute Gasteiger partial charge is 0.378 e. The van der Waals surface area contributed by atoms with Crippen LogP contribution in [-0.2, 0) is 11.2 Å². The number of rotatable bonds is 4. The summed E-state index contributed by atoms with van der Waals surface area (Å²) in [4.78, 5) is 2.63. The van der Waals surface area contributed by atoms with Crippen LogP contribution in [0, 0.1) is 0 Å². The summed E-state index contributed by atoms with van der Waals surface area (Å²) in [5.41, 5.74) is 3.16. The standard InChI is InChI=1S/C17H26N2O/c1-18-11-16-13-20-10-9-19(16)12-15-7-4-6-14-5-2-3-8-17(14)15/h2-3,5,8,15-16,18H,4,6-7,9-13H2,1H3. The lowest BCUT2D eigenvalue weighted by Gasteiger charge is -2.39. The topological polar surface area (TPSA) is 24.5 Å². The zero-order valence-corrected chi connectivity index (χ0v) is 12.5. The Morgan fingerprint density at radius 1 is 1.35 bits per heavy atom. The molecule has 0 aromatic heterocycles. The summed E-state index contributed by atoms with van der Waals surface area (Å²) in [6.07, 6.45) is 3.93. The van der Waals surface area contributed by atoms with Gasteiger partial charge < -0.3 is 10.1 Å². The Morgan fingerprint density at radius 3 is 3.15 bits per heavy atom. The molecule has 2 aliphatic rings. The van der Waals surface area contributed by atoms with E-state index >= 15 is 0 Å². The molecule has 1 aliphatic heterocycles. The summed E-state index contributed by atoms with van der Waals surface area (Å²) >= 11 is 0. The van der Waals surface area contributed by atoms with Crippen molar-refractivity contribution in [1.82, 2.24) is 10.2 Å². The molecular formula is C17H26N2O. The highest BCUT2D eigenvalue weighted by molar-refractivity contribution is 5.32. The number of ether oxygens (including phenoxy) is 1. The van der Waals surface area contributed by atoms with Gasteiger partial charge in [-0.2, -0.15) is 0 Å². The molecule has 3 rings (SSSR count). The molecule has 1 aromatic carbocycles. The Labute approximate surface area is 122 Å². The predicted octanol–water partition coefficient (Wildman–Crippen LogP) is 2.03. The third kappa shape index (κ3) is 3.05. The van der Waals surface area contributed by atoms with E-state index in [0.717, 1.165) is 26.3 Å². The fourth-order valence-corrected chi connectivity index (χ4v) is 3.68. The summed E-state index contributed by atoms with van der Waals surface area (Å²) in [6.45, 7) is 5.04. The van der Waals surface area contributed by atoms with E-state index in [2.05, 4.69) is 34.5 Å². The molecule has 0 amide bonds. The maximum atomic E-state index is 5.64. The molecule has 0 saturated carbocycles. The lowest BCUT2D eigenvalue weighted by atomic mass is 9.82. The second-order valence-corrected chi connectivity index (χ2v) is 6.07. The van der Waals surface area contributed by atoms with Gasteiger partial charge in [0.25, 0.3) is 0 Å². The normalized spacial score (nSPS) is 27.2. The van der Waals surface area contributed by atoms with Crippen molar-refractivity contribution in [2.75, 3.05) is 39.9 Å². The van der Waals surface area contributed by atoms with E-state index in [0.29, 0.717) is 12.0 Å². The molecule has 1 heterocycles. The maximum Gasteiger partial charge on any atom is 0.0634 e. The summed E-state index contributed by atoms with van der Waals surface area (Å²) < 4.78 is 5.64. The van der Waals surface area contributed by atoms with E-state index in [9.17, 15) is 0 Å². The van der Waals surface area contributed by atoms with Gasteiger partial charge in [0.1, 0.15) is 0 Å². The minimum Gasteiger partial charge on any atom is -0.378 e. The zero-order valence-electron chi connectivity index (χ0n) is 12.5. The first-order valence-corrected chi connectivity index (χ1v) is 7.92. The van der Waals surface area contributed by atoms with Gasteiger partial charge in [-0.25, -0.2) is 0 Å². The molecule has 3 nitrogen and oxygen atoms in total. The van der Waals surface area contributed by atoms with Gasteiger partial charge >= 0.3 is 0 Å². The van der Waals surface area contributed by atoms with E-state index in [1.807, 2.05) is 7.05 Å². The van der Waals surface area contributed by atoms with Crippen LogP contribution in [0.1, 0.15) is 29.9 Å². The smallest absolute Gasteiger partial charge is 0.0634 e. The second kappa shape index (κ2) is 6.70. The van der Waals surface area contributed by atoms with Crippen LogP contribution in [0.4, 0.5) is 0 Å². The number of morpholine rings is 1. The maximum absolute atomic E-state index is 5.64. The first-order valence-electron chi connectivity index (χ1n) is 7.92. The van der Waals surface area contributed by atoms with E-state index in [-0.39, 0.29) is 0 Å². The highest BCUT2D eigenvalue weighted by Crippen LogP contribution is 2.32. The van der Waals surface area contributed by atoms with Gasteiger partial charge in [0, 0.05) is 25.7 Å². The molecule has 110 valence electrons. The molecule has 0 radical (unpaired) electrons. The average Bonchev–Trinajstić information content (AvgIpc) is 2.50. The summed E-state index contributed by atoms with van der Waals surface area (Å²) in [6, 6.07) is 9.56. The van der Waals surface area contributed by atoms with Crippen molar-refractivity contribution < 1.29 is 4.74 Å². The monoisotopic (exact) mass is 274 g/mol.